The first-order chi connectivity index (χ1) is 14.4. The van der Waals surface area contributed by atoms with Crippen LogP contribution in [0.1, 0.15) is 55.4 Å². The molecule has 4 unspecified atom stereocenters. The molecule has 1 aliphatic rings. The number of carbonyl (C=O) groups excluding carboxylic acids is 3. The minimum absolute atomic E-state index is 0.329. The highest BCUT2D eigenvalue weighted by molar-refractivity contribution is 5.88. The van der Waals surface area contributed by atoms with Crippen LogP contribution in [0.2, 0.25) is 0 Å². The van der Waals surface area contributed by atoms with Gasteiger partial charge < -0.3 is 28.8 Å². The Morgan fingerprint density at radius 2 is 1.39 bits per heavy atom. The van der Waals surface area contributed by atoms with E-state index in [9.17, 15) is 19.5 Å². The van der Waals surface area contributed by atoms with Crippen LogP contribution in [0.5, 0.6) is 0 Å². The molecule has 9 heteroatoms. The summed E-state index contributed by atoms with van der Waals surface area (Å²) in [5.41, 5.74) is 0.689. The van der Waals surface area contributed by atoms with Gasteiger partial charge in [-0.3, -0.25) is 4.79 Å². The lowest BCUT2D eigenvalue weighted by Gasteiger charge is -2.43. The molecule has 1 rings (SSSR count). The van der Waals surface area contributed by atoms with Crippen molar-refractivity contribution < 1.29 is 43.2 Å². The molecule has 1 fully saturated rings. The molecule has 0 saturated carbocycles. The average Bonchev–Trinajstić information content (AvgIpc) is 2.71. The number of carbonyl (C=O) groups is 3. The van der Waals surface area contributed by atoms with Gasteiger partial charge in [0, 0.05) is 18.1 Å². The van der Waals surface area contributed by atoms with E-state index in [2.05, 4.69) is 0 Å². The van der Waals surface area contributed by atoms with Crippen molar-refractivity contribution in [3.63, 3.8) is 0 Å². The van der Waals surface area contributed by atoms with Gasteiger partial charge in [-0.05, 0) is 48.5 Å². The summed E-state index contributed by atoms with van der Waals surface area (Å²) in [5, 5.41) is 10.9. The summed E-state index contributed by atoms with van der Waals surface area (Å²) in [5.74, 6) is -1.75. The van der Waals surface area contributed by atoms with Crippen LogP contribution in [0, 0.1) is 0 Å². The van der Waals surface area contributed by atoms with E-state index < -0.39 is 60.8 Å². The third-order valence-electron chi connectivity index (χ3n) is 5.11. The van der Waals surface area contributed by atoms with Crippen LogP contribution in [0.4, 0.5) is 0 Å². The van der Waals surface area contributed by atoms with Crippen LogP contribution in [-0.4, -0.2) is 65.9 Å². The number of hydrogen-bond acceptors (Lipinski definition) is 9. The molecule has 31 heavy (non-hydrogen) atoms. The zero-order valence-electron chi connectivity index (χ0n) is 19.4. The normalized spacial score (nSPS) is 29.0. The van der Waals surface area contributed by atoms with Crippen LogP contribution in [0.3, 0.4) is 0 Å². The number of rotatable bonds is 8. The van der Waals surface area contributed by atoms with E-state index in [1.165, 1.54) is 6.92 Å². The summed E-state index contributed by atoms with van der Waals surface area (Å²) in [4.78, 5) is 35.9. The zero-order chi connectivity index (χ0) is 23.9. The van der Waals surface area contributed by atoms with Crippen molar-refractivity contribution >= 4 is 17.9 Å². The second-order valence-electron chi connectivity index (χ2n) is 7.54. The van der Waals surface area contributed by atoms with Gasteiger partial charge in [-0.15, -0.1) is 0 Å². The summed E-state index contributed by atoms with van der Waals surface area (Å²) in [6.45, 7) is 12.7. The van der Waals surface area contributed by atoms with Crippen molar-refractivity contribution in [2.45, 2.75) is 98.3 Å². The Kier molecular flexibility index (Phi) is 10.4. The lowest BCUT2D eigenvalue weighted by atomic mass is 9.98. The van der Waals surface area contributed by atoms with Crippen molar-refractivity contribution in [3.05, 3.63) is 23.3 Å². The first-order valence-corrected chi connectivity index (χ1v) is 10.3. The number of aliphatic hydroxyl groups excluding tert-OH is 1. The minimum atomic E-state index is -1.46. The lowest BCUT2D eigenvalue weighted by Crippen LogP contribution is -2.61. The van der Waals surface area contributed by atoms with Crippen LogP contribution >= 0.6 is 0 Å². The lowest BCUT2D eigenvalue weighted by molar-refractivity contribution is -0.311. The fourth-order valence-corrected chi connectivity index (χ4v) is 2.75. The molecule has 0 radical (unpaired) electrons. The SMILES string of the molecule is C/C=C(/C)C(=O)OC1C(O)[C@H](OC(C)[C@@H](C)OC(C)=O)OC(C)[C@@H]1OC(=O)/C(C)=C\C. The molecular formula is C22H34O9. The smallest absolute Gasteiger partial charge is 0.333 e. The molecule has 9 nitrogen and oxygen atoms in total. The number of aliphatic hydroxyl groups is 1. The van der Waals surface area contributed by atoms with Gasteiger partial charge in [-0.25, -0.2) is 9.59 Å². The second kappa shape index (κ2) is 12.0. The molecule has 1 N–H and O–H groups in total. The van der Waals surface area contributed by atoms with Crippen molar-refractivity contribution in [2.24, 2.45) is 0 Å². The molecule has 7 atom stereocenters. The maximum absolute atomic E-state index is 12.4. The van der Waals surface area contributed by atoms with Gasteiger partial charge in [0.25, 0.3) is 0 Å². The Morgan fingerprint density at radius 1 is 0.903 bits per heavy atom. The highest BCUT2D eigenvalue weighted by atomic mass is 16.7. The number of allylic oxidation sites excluding steroid dienone is 2. The standard InChI is InChI=1S/C22H34O9/c1-9-11(3)20(25)30-18-15(7)29-22(28-14(6)13(5)27-16(8)23)17(24)19(18)31-21(26)12(4)10-2/h9-10,13-15,17-19,22,24H,1-8H3/b11-9-,12-10-/t13-,14?,15?,17?,18+,19?,22-/m1/s1. The Hall–Kier alpha value is -2.23. The van der Waals surface area contributed by atoms with Gasteiger partial charge >= 0.3 is 17.9 Å². The molecule has 176 valence electrons. The largest absolute Gasteiger partial charge is 0.460 e. The summed E-state index contributed by atoms with van der Waals surface area (Å²) >= 11 is 0. The van der Waals surface area contributed by atoms with E-state index in [4.69, 9.17) is 23.7 Å². The molecule has 0 bridgehead atoms. The van der Waals surface area contributed by atoms with E-state index in [1.54, 1.807) is 60.6 Å². The molecule has 1 saturated heterocycles. The van der Waals surface area contributed by atoms with Crippen molar-refractivity contribution in [2.75, 3.05) is 0 Å². The maximum Gasteiger partial charge on any atom is 0.333 e. The number of hydrogen-bond donors (Lipinski definition) is 1. The summed E-state index contributed by atoms with van der Waals surface area (Å²) in [6, 6.07) is 0. The van der Waals surface area contributed by atoms with Gasteiger partial charge in [-0.2, -0.15) is 0 Å². The van der Waals surface area contributed by atoms with Gasteiger partial charge in [0.2, 0.25) is 0 Å². The van der Waals surface area contributed by atoms with E-state index in [0.717, 1.165) is 0 Å². The number of esters is 3. The fourth-order valence-electron chi connectivity index (χ4n) is 2.75. The Labute approximate surface area is 183 Å². The highest BCUT2D eigenvalue weighted by Gasteiger charge is 2.49. The summed E-state index contributed by atoms with van der Waals surface area (Å²) in [7, 11) is 0. The van der Waals surface area contributed by atoms with E-state index in [-0.39, 0.29) is 0 Å². The maximum atomic E-state index is 12.4. The van der Waals surface area contributed by atoms with Gasteiger partial charge in [0.1, 0.15) is 12.2 Å². The van der Waals surface area contributed by atoms with Gasteiger partial charge in [-0.1, -0.05) is 12.2 Å². The van der Waals surface area contributed by atoms with Crippen LogP contribution in [0.25, 0.3) is 0 Å². The number of ether oxygens (including phenoxy) is 5. The molecule has 1 aliphatic heterocycles. The minimum Gasteiger partial charge on any atom is -0.460 e. The van der Waals surface area contributed by atoms with Crippen LogP contribution in [-0.2, 0) is 38.1 Å². The van der Waals surface area contributed by atoms with Crippen LogP contribution in [0.15, 0.2) is 23.3 Å². The monoisotopic (exact) mass is 442 g/mol. The van der Waals surface area contributed by atoms with Gasteiger partial charge in [0.05, 0.1) is 12.2 Å². The van der Waals surface area contributed by atoms with E-state index in [1.807, 2.05) is 0 Å². The summed E-state index contributed by atoms with van der Waals surface area (Å²) in [6.07, 6.45) is -3.81. The topological polar surface area (TPSA) is 118 Å². The van der Waals surface area contributed by atoms with Gasteiger partial charge in [0.15, 0.2) is 18.5 Å². The molecule has 0 aromatic rings. The predicted molar refractivity (Wildman–Crippen MR) is 111 cm³/mol. The first-order valence-electron chi connectivity index (χ1n) is 10.3. The zero-order valence-corrected chi connectivity index (χ0v) is 19.4. The molecule has 0 aromatic heterocycles. The molecule has 0 amide bonds. The molecular weight excluding hydrogens is 408 g/mol. The molecule has 1 heterocycles. The molecule has 0 aromatic carbocycles. The predicted octanol–water partition coefficient (Wildman–Crippen LogP) is 2.20. The Morgan fingerprint density at radius 3 is 1.84 bits per heavy atom. The van der Waals surface area contributed by atoms with E-state index >= 15 is 0 Å². The van der Waals surface area contributed by atoms with Crippen LogP contribution < -0.4 is 0 Å². The fraction of sp³-hybridized carbons (Fsp3) is 0.682. The Balaban J connectivity index is 3.11. The van der Waals surface area contributed by atoms with Crippen molar-refractivity contribution in [1.82, 2.24) is 0 Å². The quantitative estimate of drug-likeness (QED) is 0.343. The average molecular weight is 443 g/mol. The highest BCUT2D eigenvalue weighted by Crippen LogP contribution is 2.29. The molecule has 0 aliphatic carbocycles. The van der Waals surface area contributed by atoms with Crippen molar-refractivity contribution in [1.29, 1.82) is 0 Å². The third-order valence-corrected chi connectivity index (χ3v) is 5.11. The second-order valence-corrected chi connectivity index (χ2v) is 7.54. The van der Waals surface area contributed by atoms with Crippen molar-refractivity contribution in [3.8, 4) is 0 Å². The first kappa shape index (κ1) is 26.8. The summed E-state index contributed by atoms with van der Waals surface area (Å²) < 4.78 is 27.6. The Bertz CT molecular complexity index is 712. The molecule has 0 spiro atoms. The van der Waals surface area contributed by atoms with E-state index in [0.29, 0.717) is 11.1 Å². The third kappa shape index (κ3) is 7.45.